The minimum atomic E-state index is -0.227. The third kappa shape index (κ3) is 23.1. The number of thiophene rings is 6. The van der Waals surface area contributed by atoms with Crippen LogP contribution in [0.3, 0.4) is 0 Å². The van der Waals surface area contributed by atoms with E-state index >= 15 is 0 Å². The van der Waals surface area contributed by atoms with E-state index in [2.05, 4.69) is 258 Å². The lowest BCUT2D eigenvalue weighted by Gasteiger charge is -2.33. The van der Waals surface area contributed by atoms with Crippen LogP contribution in [0.15, 0.2) is 207 Å². The first-order valence-corrected chi connectivity index (χ1v) is 53.4. The molecule has 6 amide bonds. The summed E-state index contributed by atoms with van der Waals surface area (Å²) in [6.07, 6.45) is 6.96. The van der Waals surface area contributed by atoms with E-state index in [1.165, 1.54) is 151 Å². The molecule has 0 unspecified atom stereocenters. The van der Waals surface area contributed by atoms with Crippen molar-refractivity contribution in [1.82, 2.24) is 29.4 Å². The quantitative estimate of drug-likeness (QED) is 0.0528. The molecule has 0 aliphatic carbocycles. The highest BCUT2D eigenvalue weighted by atomic mass is 79.9. The first kappa shape index (κ1) is 98.4. The van der Waals surface area contributed by atoms with Crippen LogP contribution in [0.25, 0.3) is 0 Å². The number of epoxide rings is 2. The molecule has 14 heterocycles. The van der Waals surface area contributed by atoms with Crippen molar-refractivity contribution < 1.29 is 38.2 Å². The minimum absolute atomic E-state index is 0.0275. The lowest BCUT2D eigenvalue weighted by Crippen LogP contribution is -2.40. The van der Waals surface area contributed by atoms with E-state index in [4.69, 9.17) is 55.9 Å². The van der Waals surface area contributed by atoms with Crippen molar-refractivity contribution in [3.8, 4) is 0 Å². The maximum Gasteiger partial charge on any atom is 0.254 e. The molecule has 12 aromatic rings. The molecule has 0 spiro atoms. The van der Waals surface area contributed by atoms with Crippen LogP contribution in [0.4, 0.5) is 0 Å². The molecule has 0 saturated carbocycles. The highest BCUT2D eigenvalue weighted by Gasteiger charge is 2.43. The highest BCUT2D eigenvalue weighted by molar-refractivity contribution is 9.09. The number of benzene rings is 6. The molecule has 2 saturated heterocycles. The summed E-state index contributed by atoms with van der Waals surface area (Å²) in [6.45, 7) is 34.0. The lowest BCUT2D eigenvalue weighted by atomic mass is 9.85. The van der Waals surface area contributed by atoms with E-state index in [0.29, 0.717) is 63.1 Å². The van der Waals surface area contributed by atoms with E-state index in [1.807, 2.05) is 76.3 Å². The average molecular weight is 2090 g/mol. The van der Waals surface area contributed by atoms with Crippen LogP contribution >= 0.6 is 146 Å². The van der Waals surface area contributed by atoms with Gasteiger partial charge in [-0.1, -0.05) is 264 Å². The van der Waals surface area contributed by atoms with Gasteiger partial charge in [-0.05, 0) is 203 Å². The van der Waals surface area contributed by atoms with Gasteiger partial charge in [-0.25, -0.2) is 0 Å². The lowest BCUT2D eigenvalue weighted by molar-refractivity contribution is -0.134. The fraction of sp³-hybridized carbons (Fsp3) is 0.340. The second-order valence-corrected chi connectivity index (χ2v) is 45.2. The van der Waals surface area contributed by atoms with Gasteiger partial charge in [0.15, 0.2) is 12.2 Å². The Bertz CT molecular complexity index is 5850. The molecule has 20 rings (SSSR count). The number of ether oxygens (including phenoxy) is 2. The van der Waals surface area contributed by atoms with Crippen molar-refractivity contribution in [2.75, 3.05) is 63.1 Å². The van der Waals surface area contributed by atoms with Gasteiger partial charge in [-0.15, -0.1) is 68.0 Å². The van der Waals surface area contributed by atoms with Crippen molar-refractivity contribution in [3.05, 3.63) is 364 Å². The first-order chi connectivity index (χ1) is 63.7. The van der Waals surface area contributed by atoms with Crippen LogP contribution in [-0.4, -0.2) is 140 Å². The van der Waals surface area contributed by atoms with Gasteiger partial charge >= 0.3 is 0 Å². The van der Waals surface area contributed by atoms with E-state index in [1.54, 1.807) is 45.3 Å². The molecular weight excluding hydrogens is 1980 g/mol. The number of hydrogen-bond donors (Lipinski definition) is 0. The number of hydrogen-bond acceptors (Lipinski definition) is 14. The highest BCUT2D eigenvalue weighted by Crippen LogP contribution is 2.48. The molecule has 688 valence electrons. The Hall–Kier alpha value is -8.14. The summed E-state index contributed by atoms with van der Waals surface area (Å²) in [4.78, 5) is 95.2. The second-order valence-electron chi connectivity index (χ2n) is 34.6. The third-order valence-electron chi connectivity index (χ3n) is 25.8. The van der Waals surface area contributed by atoms with E-state index in [0.717, 1.165) is 82.3 Å². The summed E-state index contributed by atoms with van der Waals surface area (Å²) in [5.74, 6) is 1.86. The van der Waals surface area contributed by atoms with Crippen molar-refractivity contribution >= 4 is 182 Å². The Morgan fingerprint density at radius 3 is 0.773 bits per heavy atom. The first-order valence-electron chi connectivity index (χ1n) is 44.7. The number of alkyl halides is 2. The third-order valence-corrected chi connectivity index (χ3v) is 34.2. The van der Waals surface area contributed by atoms with Gasteiger partial charge in [-0.3, -0.25) is 28.8 Å². The number of aryl methyl sites for hydroxylation is 8. The normalized spacial score (nSPS) is 19.3. The second kappa shape index (κ2) is 44.8. The van der Waals surface area contributed by atoms with Crippen LogP contribution in [0.1, 0.15) is 201 Å². The van der Waals surface area contributed by atoms with Crippen LogP contribution in [0.5, 0.6) is 0 Å². The molecule has 6 aromatic heterocycles. The van der Waals surface area contributed by atoms with Crippen LogP contribution in [0.2, 0.25) is 17.3 Å². The topological polar surface area (TPSA) is 147 Å². The van der Waals surface area contributed by atoms with E-state index < -0.39 is 0 Å². The molecule has 8 atom stereocenters. The van der Waals surface area contributed by atoms with Crippen LogP contribution < -0.4 is 0 Å². The number of carbonyl (C=O) groups excluding carboxylic acids is 6. The van der Waals surface area contributed by atoms with E-state index in [9.17, 15) is 28.8 Å². The molecule has 26 heteroatoms. The minimum Gasteiger partial charge on any atom is -0.363 e. The van der Waals surface area contributed by atoms with Gasteiger partial charge in [0.1, 0.15) is 0 Å². The average Bonchev–Trinajstić information content (AvgIpc) is 1.64. The predicted molar refractivity (Wildman–Crippen MR) is 552 cm³/mol. The molecule has 0 bridgehead atoms. The summed E-state index contributed by atoms with van der Waals surface area (Å²) in [7, 11) is 0. The largest absolute Gasteiger partial charge is 0.363 e. The predicted octanol–water partition coefficient (Wildman–Crippen LogP) is 25.7. The van der Waals surface area contributed by atoms with Crippen molar-refractivity contribution in [2.24, 2.45) is 0 Å². The number of carbonyl (C=O) groups is 6. The number of halogens is 6. The maximum absolute atomic E-state index is 12.4. The summed E-state index contributed by atoms with van der Waals surface area (Å²) >= 11 is 41.5. The summed E-state index contributed by atoms with van der Waals surface area (Å²) < 4.78 is 13.5. The Morgan fingerprint density at radius 2 is 0.545 bits per heavy atom. The fourth-order valence-electron chi connectivity index (χ4n) is 19.0. The zero-order valence-corrected chi connectivity index (χ0v) is 86.4. The molecule has 2 fully saturated rings. The molecule has 0 N–H and O–H groups in total. The van der Waals surface area contributed by atoms with Crippen molar-refractivity contribution in [1.29, 1.82) is 0 Å². The molecular formula is C106H108Br2Cl4N6O8S6. The SMILES string of the molecule is C=CC(=O)N1Cc2sc(CCC)cc2[C@@H](c2ccccc2C)C1.C=CC(=O)N1Cc2sc(CCC)cc2[C@H](c2ccccc2C)C1.Cc1ccccc1[C@@H]1CN(C(=O)CBr)Cc2sc(Cl)cc21.Cc1ccccc1[C@@H]1CN(C(=O)[C@H]2CO2)Cc2sc(Cl)cc21.Cc1ccccc1[C@H]1CN(C(=O)CBr)Cc2sc(Cl)cc21.Cc1ccccc1[C@H]1CN(C(=O)[C@H]2CO2)Cc2sc(Cl)cc21. The zero-order chi connectivity index (χ0) is 93.3. The summed E-state index contributed by atoms with van der Waals surface area (Å²) in [5, 5.41) is 0.726. The standard InChI is InChI=1S/2C20H23NOS.2C17H16ClNO2S.2C16H15BrClNOS/c2*1-4-8-15-11-17-18(16-10-7-6-9-14(16)3)12-21(20(22)5-2)13-19(17)23-15;2*1-10-4-2-3-5-11(10)13-7-19(17(20)14-9-21-14)8-15-12(13)6-16(18)22-15;2*1-10-4-2-3-5-11(10)13-8-19(16(20)7-17)9-14-12(13)6-15(18)21-14/h2*5-7,9-11,18H,2,4,8,12-13H2,1,3H3;2*2-6,13-14H,7-9H2,1H3;2*2-6,13H,7-9H2,1H3/t2*18-;13-,14+;13-,14-;2*13-/m100110/s1. The Balaban J connectivity index is 0.000000121. The Labute approximate surface area is 836 Å². The number of rotatable bonds is 16. The number of nitrogens with zero attached hydrogens (tertiary/aromatic N) is 6. The Morgan fingerprint density at radius 1 is 0.333 bits per heavy atom. The van der Waals surface area contributed by atoms with Gasteiger partial charge in [0.05, 0.1) is 80.5 Å². The van der Waals surface area contributed by atoms with Crippen molar-refractivity contribution in [2.45, 2.75) is 168 Å². The van der Waals surface area contributed by atoms with Gasteiger partial charge in [0, 0.05) is 114 Å². The Kier molecular flexibility index (Phi) is 33.4. The van der Waals surface area contributed by atoms with Crippen LogP contribution in [-0.2, 0) is 90.4 Å². The molecule has 0 radical (unpaired) electrons. The van der Waals surface area contributed by atoms with Gasteiger partial charge in [-0.2, -0.15) is 0 Å². The number of fused-ring (bicyclic) bond motifs is 6. The van der Waals surface area contributed by atoms with E-state index in [-0.39, 0.29) is 83.2 Å². The molecule has 6 aromatic carbocycles. The van der Waals surface area contributed by atoms with Gasteiger partial charge in [0.2, 0.25) is 23.6 Å². The van der Waals surface area contributed by atoms with Gasteiger partial charge in [0.25, 0.3) is 11.8 Å². The van der Waals surface area contributed by atoms with Crippen molar-refractivity contribution in [3.63, 3.8) is 0 Å². The zero-order valence-electron chi connectivity index (χ0n) is 75.3. The molecule has 132 heavy (non-hydrogen) atoms. The summed E-state index contributed by atoms with van der Waals surface area (Å²) in [5.41, 5.74) is 23.3. The van der Waals surface area contributed by atoms with Gasteiger partial charge < -0.3 is 38.9 Å². The maximum atomic E-state index is 12.4. The fourth-order valence-corrected chi connectivity index (χ4v) is 27.8. The van der Waals surface area contributed by atoms with Crippen LogP contribution in [0, 0.1) is 41.5 Å². The molecule has 8 aliphatic heterocycles. The smallest absolute Gasteiger partial charge is 0.254 e. The summed E-state index contributed by atoms with van der Waals surface area (Å²) in [6, 6.07) is 63.5. The molecule has 8 aliphatic rings. The number of amides is 6. The monoisotopic (exact) mass is 2080 g/mol. The molecule has 14 nitrogen and oxygen atoms in total.